The third kappa shape index (κ3) is 47.0. The van der Waals surface area contributed by atoms with E-state index in [-0.39, 0.29) is 19.1 Å². The summed E-state index contributed by atoms with van der Waals surface area (Å²) in [6.45, 7) is 4.73. The van der Waals surface area contributed by atoms with Gasteiger partial charge >= 0.3 is 0 Å². The number of unbranched alkanes of at least 4 members (excludes halogenated alkanes) is 32. The van der Waals surface area contributed by atoms with Crippen molar-refractivity contribution in [3.8, 4) is 0 Å². The number of carbonyl (C=O) groups is 1. The van der Waals surface area contributed by atoms with Crippen LogP contribution < -0.4 is 10.2 Å². The van der Waals surface area contributed by atoms with Crippen molar-refractivity contribution in [1.82, 2.24) is 5.32 Å². The summed E-state index contributed by atoms with van der Waals surface area (Å²) in [4.78, 5) is 25.5. The maximum absolute atomic E-state index is 12.9. The zero-order chi connectivity index (χ0) is 45.7. The number of hydrogen-bond acceptors (Lipinski definition) is 6. The fourth-order valence-corrected chi connectivity index (χ4v) is 8.68. The quantitative estimate of drug-likeness (QED) is 0.0273. The summed E-state index contributed by atoms with van der Waals surface area (Å²) in [7, 11) is 1.31. The minimum absolute atomic E-state index is 0.0115. The molecule has 0 saturated carbocycles. The van der Waals surface area contributed by atoms with Gasteiger partial charge in [-0.25, -0.2) is 0 Å². The largest absolute Gasteiger partial charge is 0.756 e. The van der Waals surface area contributed by atoms with Gasteiger partial charge in [0.2, 0.25) is 5.91 Å². The van der Waals surface area contributed by atoms with Crippen LogP contribution in [-0.2, 0) is 18.4 Å². The maximum Gasteiger partial charge on any atom is 0.268 e. The van der Waals surface area contributed by atoms with Crippen LogP contribution in [0.5, 0.6) is 0 Å². The van der Waals surface area contributed by atoms with Gasteiger partial charge in [-0.3, -0.25) is 9.36 Å². The first-order valence-corrected chi connectivity index (χ1v) is 28.1. The lowest BCUT2D eigenvalue weighted by atomic mass is 10.0. The molecule has 0 aliphatic carbocycles. The number of allylic oxidation sites excluding steroid dienone is 4. The molecule has 0 rings (SSSR count). The fourth-order valence-electron chi connectivity index (χ4n) is 7.95. The lowest BCUT2D eigenvalue weighted by molar-refractivity contribution is -0.870. The SMILES string of the molecule is CCCCCC/C=C\C/C=C\CCCCCCCCCC(=O)NC(COP(=O)([O-])OCC[N+](C)(C)C)C(O)CCCCCCCCCCCCCCCCCCCCCCCC. The molecule has 2 N–H and O–H groups in total. The van der Waals surface area contributed by atoms with Crippen molar-refractivity contribution < 1.29 is 32.9 Å². The van der Waals surface area contributed by atoms with E-state index in [0.717, 1.165) is 51.4 Å². The molecule has 9 heteroatoms. The minimum atomic E-state index is -4.57. The van der Waals surface area contributed by atoms with E-state index < -0.39 is 20.0 Å². The van der Waals surface area contributed by atoms with Crippen LogP contribution in [-0.4, -0.2) is 68.5 Å². The highest BCUT2D eigenvalue weighted by atomic mass is 31.2. The summed E-state index contributed by atoms with van der Waals surface area (Å²) in [5.74, 6) is -0.170. The zero-order valence-electron chi connectivity index (χ0n) is 41.8. The van der Waals surface area contributed by atoms with Crippen molar-refractivity contribution in [2.45, 2.75) is 270 Å². The first-order valence-electron chi connectivity index (χ1n) is 26.7. The Hall–Kier alpha value is -1.02. The summed E-state index contributed by atoms with van der Waals surface area (Å²) in [6, 6.07) is -0.803. The maximum atomic E-state index is 12.9. The molecule has 0 saturated heterocycles. The van der Waals surface area contributed by atoms with Crippen LogP contribution in [0.4, 0.5) is 0 Å². The Kier molecular flexibility index (Phi) is 44.4. The van der Waals surface area contributed by atoms with Crippen molar-refractivity contribution in [2.24, 2.45) is 0 Å². The molecule has 62 heavy (non-hydrogen) atoms. The van der Waals surface area contributed by atoms with Gasteiger partial charge in [0, 0.05) is 6.42 Å². The first kappa shape index (κ1) is 61.0. The average molecular weight is 897 g/mol. The molecule has 368 valence electrons. The number of quaternary nitrogens is 1. The van der Waals surface area contributed by atoms with Gasteiger partial charge in [0.25, 0.3) is 7.82 Å². The van der Waals surface area contributed by atoms with Gasteiger partial charge in [0.15, 0.2) is 0 Å². The number of phosphoric acid groups is 1. The molecular weight excluding hydrogens is 792 g/mol. The average Bonchev–Trinajstić information content (AvgIpc) is 3.23. The van der Waals surface area contributed by atoms with Gasteiger partial charge in [0.05, 0.1) is 39.9 Å². The van der Waals surface area contributed by atoms with Crippen LogP contribution in [0.15, 0.2) is 24.3 Å². The summed E-state index contributed by atoms with van der Waals surface area (Å²) in [5.41, 5.74) is 0. The fraction of sp³-hybridized carbons (Fsp3) is 0.906. The van der Waals surface area contributed by atoms with Gasteiger partial charge in [-0.15, -0.1) is 0 Å². The number of likely N-dealkylation sites (N-methyl/N-ethyl adjacent to an activating group) is 1. The Morgan fingerprint density at radius 1 is 0.565 bits per heavy atom. The second-order valence-electron chi connectivity index (χ2n) is 19.6. The highest BCUT2D eigenvalue weighted by Gasteiger charge is 2.24. The highest BCUT2D eigenvalue weighted by molar-refractivity contribution is 7.45. The molecule has 0 aliphatic rings. The van der Waals surface area contributed by atoms with Crippen LogP contribution in [0, 0.1) is 0 Å². The number of phosphoric ester groups is 1. The number of aliphatic hydroxyl groups is 1. The number of amides is 1. The van der Waals surface area contributed by atoms with E-state index in [0.29, 0.717) is 23.9 Å². The first-order chi connectivity index (χ1) is 30.0. The monoisotopic (exact) mass is 897 g/mol. The van der Waals surface area contributed by atoms with E-state index in [2.05, 4.69) is 43.5 Å². The van der Waals surface area contributed by atoms with Crippen molar-refractivity contribution >= 4 is 13.7 Å². The highest BCUT2D eigenvalue weighted by Crippen LogP contribution is 2.38. The number of aliphatic hydroxyl groups excluding tert-OH is 1. The molecule has 0 spiro atoms. The number of nitrogens with zero attached hydrogens (tertiary/aromatic N) is 1. The standard InChI is InChI=1S/C53H105N2O6P/c1-6-8-10-12-14-16-18-20-22-24-26-27-28-29-30-32-34-36-38-40-42-44-46-52(56)51(50-61-62(58,59)60-49-48-55(3,4)5)54-53(57)47-45-43-41-39-37-35-33-31-25-23-21-19-17-15-13-11-9-7-2/h17,19,23,25,51-52,56H,6-16,18,20-22,24,26-50H2,1-5H3,(H-,54,57,58,59)/b19-17-,25-23-. The summed E-state index contributed by atoms with van der Waals surface area (Å²) < 4.78 is 23.4. The van der Waals surface area contributed by atoms with Crippen LogP contribution >= 0.6 is 7.82 Å². The summed E-state index contributed by atoms with van der Waals surface area (Å²) in [5, 5.41) is 14.0. The Morgan fingerprint density at radius 3 is 1.35 bits per heavy atom. The Balaban J connectivity index is 4.23. The molecule has 0 aliphatic heterocycles. The topological polar surface area (TPSA) is 108 Å². The third-order valence-corrected chi connectivity index (χ3v) is 13.2. The molecule has 3 atom stereocenters. The molecule has 3 unspecified atom stereocenters. The van der Waals surface area contributed by atoms with Crippen LogP contribution in [0.3, 0.4) is 0 Å². The molecular formula is C53H105N2O6P. The van der Waals surface area contributed by atoms with E-state index in [1.165, 1.54) is 180 Å². The molecule has 0 aromatic heterocycles. The third-order valence-electron chi connectivity index (χ3n) is 12.2. The van der Waals surface area contributed by atoms with Crippen LogP contribution in [0.25, 0.3) is 0 Å². The minimum Gasteiger partial charge on any atom is -0.756 e. The number of carbonyl (C=O) groups excluding carboxylic acids is 1. The van der Waals surface area contributed by atoms with Gasteiger partial charge in [-0.1, -0.05) is 231 Å². The molecule has 0 radical (unpaired) electrons. The summed E-state index contributed by atoms with van der Waals surface area (Å²) >= 11 is 0. The predicted octanol–water partition coefficient (Wildman–Crippen LogP) is 15.0. The van der Waals surface area contributed by atoms with Crippen molar-refractivity contribution in [2.75, 3.05) is 40.9 Å². The van der Waals surface area contributed by atoms with Gasteiger partial charge in [0.1, 0.15) is 13.2 Å². The second kappa shape index (κ2) is 45.1. The van der Waals surface area contributed by atoms with Crippen molar-refractivity contribution in [1.29, 1.82) is 0 Å². The van der Waals surface area contributed by atoms with Gasteiger partial charge in [-0.2, -0.15) is 0 Å². The lowest BCUT2D eigenvalue weighted by Gasteiger charge is -2.30. The smallest absolute Gasteiger partial charge is 0.268 e. The summed E-state index contributed by atoms with van der Waals surface area (Å²) in [6.07, 6.45) is 54.8. The number of rotatable bonds is 49. The molecule has 0 heterocycles. The predicted molar refractivity (Wildman–Crippen MR) is 265 cm³/mol. The van der Waals surface area contributed by atoms with E-state index in [4.69, 9.17) is 9.05 Å². The Labute approximate surface area is 385 Å². The lowest BCUT2D eigenvalue weighted by Crippen LogP contribution is -2.46. The van der Waals surface area contributed by atoms with E-state index in [9.17, 15) is 19.4 Å². The van der Waals surface area contributed by atoms with E-state index in [1.807, 2.05) is 21.1 Å². The molecule has 0 bridgehead atoms. The van der Waals surface area contributed by atoms with E-state index >= 15 is 0 Å². The van der Waals surface area contributed by atoms with Crippen molar-refractivity contribution in [3.63, 3.8) is 0 Å². The van der Waals surface area contributed by atoms with Crippen molar-refractivity contribution in [3.05, 3.63) is 24.3 Å². The molecule has 1 amide bonds. The molecule has 0 aromatic rings. The Morgan fingerprint density at radius 2 is 0.935 bits per heavy atom. The zero-order valence-corrected chi connectivity index (χ0v) is 42.7. The normalized spacial score (nSPS) is 14.2. The van der Waals surface area contributed by atoms with E-state index in [1.54, 1.807) is 0 Å². The van der Waals surface area contributed by atoms with Crippen LogP contribution in [0.1, 0.15) is 258 Å². The van der Waals surface area contributed by atoms with Crippen LogP contribution in [0.2, 0.25) is 0 Å². The molecule has 0 fully saturated rings. The van der Waals surface area contributed by atoms with Gasteiger partial charge in [-0.05, 0) is 44.9 Å². The molecule has 8 nitrogen and oxygen atoms in total. The molecule has 0 aromatic carbocycles. The Bertz CT molecular complexity index is 1060. The number of nitrogens with one attached hydrogen (secondary N) is 1. The number of hydrogen-bond donors (Lipinski definition) is 2. The second-order valence-corrected chi connectivity index (χ2v) is 21.0. The van der Waals surface area contributed by atoms with Gasteiger partial charge < -0.3 is 28.8 Å².